The van der Waals surface area contributed by atoms with E-state index in [1.807, 2.05) is 23.8 Å². The first-order valence-electron chi connectivity index (χ1n) is 7.22. The highest BCUT2D eigenvalue weighted by atomic mass is 32.2. The lowest BCUT2D eigenvalue weighted by Gasteiger charge is -2.30. The van der Waals surface area contributed by atoms with E-state index in [9.17, 15) is 8.42 Å². The summed E-state index contributed by atoms with van der Waals surface area (Å²) in [4.78, 5) is 13.0. The molecular weight excluding hydrogens is 302 g/mol. The van der Waals surface area contributed by atoms with Gasteiger partial charge in [0, 0.05) is 37.5 Å². The van der Waals surface area contributed by atoms with E-state index in [2.05, 4.69) is 15.0 Å². The maximum Gasteiger partial charge on any atom is 0.211 e. The van der Waals surface area contributed by atoms with E-state index in [4.69, 9.17) is 0 Å². The van der Waals surface area contributed by atoms with Crippen LogP contribution in [-0.4, -0.2) is 51.6 Å². The summed E-state index contributed by atoms with van der Waals surface area (Å²) in [7, 11) is -3.16. The van der Waals surface area contributed by atoms with E-state index in [1.54, 1.807) is 12.5 Å². The average molecular weight is 321 g/mol. The fourth-order valence-corrected chi connectivity index (χ4v) is 3.71. The molecule has 1 saturated heterocycles. The minimum atomic E-state index is -3.16. The van der Waals surface area contributed by atoms with Crippen molar-refractivity contribution in [3.8, 4) is 5.82 Å². The van der Waals surface area contributed by atoms with Gasteiger partial charge in [-0.2, -0.15) is 0 Å². The molecule has 7 nitrogen and oxygen atoms in total. The van der Waals surface area contributed by atoms with Gasteiger partial charge in [-0.1, -0.05) is 0 Å². The average Bonchev–Trinajstić information content (AvgIpc) is 3.00. The number of aromatic nitrogens is 4. The van der Waals surface area contributed by atoms with E-state index in [0.29, 0.717) is 18.9 Å². The fourth-order valence-electron chi connectivity index (χ4n) is 2.80. The largest absolute Gasteiger partial charge is 0.290 e. The van der Waals surface area contributed by atoms with Gasteiger partial charge < -0.3 is 0 Å². The summed E-state index contributed by atoms with van der Waals surface area (Å²) in [6.07, 6.45) is 8.26. The molecule has 0 amide bonds. The number of hydrogen-bond acceptors (Lipinski definition) is 5. The molecule has 3 rings (SSSR count). The second kappa shape index (κ2) is 5.77. The molecule has 22 heavy (non-hydrogen) atoms. The van der Waals surface area contributed by atoms with Crippen molar-refractivity contribution < 1.29 is 8.42 Å². The van der Waals surface area contributed by atoms with Crippen molar-refractivity contribution in [1.29, 1.82) is 0 Å². The van der Waals surface area contributed by atoms with Crippen LogP contribution in [0.15, 0.2) is 24.8 Å². The molecule has 1 atom stereocenters. The number of rotatable bonds is 3. The summed E-state index contributed by atoms with van der Waals surface area (Å²) in [6, 6.07) is 1.92. The zero-order valence-corrected chi connectivity index (χ0v) is 13.5. The minimum Gasteiger partial charge on any atom is -0.290 e. The van der Waals surface area contributed by atoms with Crippen molar-refractivity contribution >= 4 is 10.0 Å². The van der Waals surface area contributed by atoms with Gasteiger partial charge in [0.15, 0.2) is 0 Å². The molecule has 118 valence electrons. The van der Waals surface area contributed by atoms with Gasteiger partial charge in [0.05, 0.1) is 11.9 Å². The van der Waals surface area contributed by atoms with Crippen LogP contribution < -0.4 is 0 Å². The Morgan fingerprint density at radius 2 is 2.14 bits per heavy atom. The quantitative estimate of drug-likeness (QED) is 0.846. The molecule has 1 fully saturated rings. The van der Waals surface area contributed by atoms with Crippen LogP contribution in [-0.2, 0) is 10.0 Å². The lowest BCUT2D eigenvalue weighted by Crippen LogP contribution is -2.38. The number of aryl methyl sites for hydroxylation is 1. The molecule has 0 N–H and O–H groups in total. The van der Waals surface area contributed by atoms with Crippen molar-refractivity contribution in [3.63, 3.8) is 0 Å². The smallest absolute Gasteiger partial charge is 0.211 e. The Morgan fingerprint density at radius 3 is 2.82 bits per heavy atom. The molecule has 0 saturated carbocycles. The van der Waals surface area contributed by atoms with Gasteiger partial charge in [-0.05, 0) is 19.8 Å². The first-order chi connectivity index (χ1) is 10.4. The van der Waals surface area contributed by atoms with Crippen LogP contribution in [0.2, 0.25) is 0 Å². The lowest BCUT2D eigenvalue weighted by atomic mass is 9.96. The van der Waals surface area contributed by atoms with E-state index in [0.717, 1.165) is 24.4 Å². The summed E-state index contributed by atoms with van der Waals surface area (Å²) < 4.78 is 26.9. The van der Waals surface area contributed by atoms with Gasteiger partial charge >= 0.3 is 0 Å². The molecule has 1 aliphatic rings. The molecular formula is C14H19N5O2S. The first kappa shape index (κ1) is 15.1. The van der Waals surface area contributed by atoms with Crippen molar-refractivity contribution in [2.24, 2.45) is 0 Å². The second-order valence-corrected chi connectivity index (χ2v) is 7.61. The van der Waals surface area contributed by atoms with Crippen molar-refractivity contribution in [1.82, 2.24) is 23.8 Å². The fraction of sp³-hybridized carbons (Fsp3) is 0.500. The zero-order valence-electron chi connectivity index (χ0n) is 12.7. The summed E-state index contributed by atoms with van der Waals surface area (Å²) in [5.74, 6) is 1.54. The standard InChI is InChI=1S/C14H19N5O2S/c1-11-16-13(8-14(17-11)18-7-5-15-10-18)12-4-3-6-19(9-12)22(2,20)21/h5,7-8,10,12H,3-4,6,9H2,1-2H3/t12-/m0/s1. The van der Waals surface area contributed by atoms with Crippen molar-refractivity contribution in [2.75, 3.05) is 19.3 Å². The van der Waals surface area contributed by atoms with Crippen LogP contribution >= 0.6 is 0 Å². The summed E-state index contributed by atoms with van der Waals surface area (Å²) in [5.41, 5.74) is 0.893. The van der Waals surface area contributed by atoms with Crippen molar-refractivity contribution in [3.05, 3.63) is 36.3 Å². The number of hydrogen-bond donors (Lipinski definition) is 0. The van der Waals surface area contributed by atoms with Gasteiger partial charge in [-0.15, -0.1) is 0 Å². The number of sulfonamides is 1. The normalized spacial score (nSPS) is 20.2. The molecule has 0 unspecified atom stereocenters. The third-order valence-electron chi connectivity index (χ3n) is 3.88. The Hall–Kier alpha value is -1.80. The molecule has 3 heterocycles. The highest BCUT2D eigenvalue weighted by molar-refractivity contribution is 7.88. The Kier molecular flexibility index (Phi) is 3.96. The van der Waals surface area contributed by atoms with Crippen LogP contribution in [0.25, 0.3) is 5.82 Å². The first-order valence-corrected chi connectivity index (χ1v) is 9.07. The third kappa shape index (κ3) is 3.17. The number of piperidine rings is 1. The molecule has 0 aliphatic carbocycles. The van der Waals surface area contributed by atoms with E-state index < -0.39 is 10.0 Å². The molecule has 2 aromatic rings. The number of imidazole rings is 1. The highest BCUT2D eigenvalue weighted by Gasteiger charge is 2.28. The zero-order chi connectivity index (χ0) is 15.7. The summed E-state index contributed by atoms with van der Waals surface area (Å²) in [5, 5.41) is 0. The second-order valence-electron chi connectivity index (χ2n) is 5.63. The topological polar surface area (TPSA) is 81.0 Å². The van der Waals surface area contributed by atoms with Gasteiger partial charge in [0.1, 0.15) is 18.0 Å². The number of nitrogens with zero attached hydrogens (tertiary/aromatic N) is 5. The maximum atomic E-state index is 11.8. The molecule has 1 aliphatic heterocycles. The Balaban J connectivity index is 1.91. The minimum absolute atomic E-state index is 0.104. The van der Waals surface area contributed by atoms with Crippen LogP contribution in [0.1, 0.15) is 30.3 Å². The SMILES string of the molecule is Cc1nc([C@H]2CCCN(S(C)(=O)=O)C2)cc(-n2ccnc2)n1. The van der Waals surface area contributed by atoms with E-state index >= 15 is 0 Å². The highest BCUT2D eigenvalue weighted by Crippen LogP contribution is 2.27. The van der Waals surface area contributed by atoms with Crippen LogP contribution in [0.3, 0.4) is 0 Å². The Morgan fingerprint density at radius 1 is 1.32 bits per heavy atom. The predicted molar refractivity (Wildman–Crippen MR) is 82.3 cm³/mol. The van der Waals surface area contributed by atoms with Gasteiger partial charge in [0.2, 0.25) is 10.0 Å². The molecule has 0 radical (unpaired) electrons. The molecule has 0 aromatic carbocycles. The predicted octanol–water partition coefficient (Wildman–Crippen LogP) is 1.11. The summed E-state index contributed by atoms with van der Waals surface area (Å²) in [6.45, 7) is 2.92. The van der Waals surface area contributed by atoms with Gasteiger partial charge in [0.25, 0.3) is 0 Å². The van der Waals surface area contributed by atoms with E-state index in [-0.39, 0.29) is 5.92 Å². The van der Waals surface area contributed by atoms with Gasteiger partial charge in [-0.25, -0.2) is 27.7 Å². The summed E-state index contributed by atoms with van der Waals surface area (Å²) >= 11 is 0. The van der Waals surface area contributed by atoms with Crippen LogP contribution in [0.5, 0.6) is 0 Å². The monoisotopic (exact) mass is 321 g/mol. The molecule has 8 heteroatoms. The Labute approximate surface area is 130 Å². The molecule has 2 aromatic heterocycles. The molecule has 0 spiro atoms. The van der Waals surface area contributed by atoms with Gasteiger partial charge in [-0.3, -0.25) is 4.57 Å². The van der Waals surface area contributed by atoms with Crippen LogP contribution in [0, 0.1) is 6.92 Å². The lowest BCUT2D eigenvalue weighted by molar-refractivity contribution is 0.314. The van der Waals surface area contributed by atoms with Crippen LogP contribution in [0.4, 0.5) is 0 Å². The maximum absolute atomic E-state index is 11.8. The molecule has 0 bridgehead atoms. The van der Waals surface area contributed by atoms with Crippen molar-refractivity contribution in [2.45, 2.75) is 25.7 Å². The van der Waals surface area contributed by atoms with E-state index in [1.165, 1.54) is 10.6 Å². The third-order valence-corrected chi connectivity index (χ3v) is 5.15. The Bertz CT molecular complexity index is 758.